The predicted molar refractivity (Wildman–Crippen MR) is 64.9 cm³/mol. The van der Waals surface area contributed by atoms with Gasteiger partial charge < -0.3 is 10.4 Å². The molecule has 0 saturated carbocycles. The van der Waals surface area contributed by atoms with Gasteiger partial charge in [-0.1, -0.05) is 13.0 Å². The maximum atomic E-state index is 11.7. The van der Waals surface area contributed by atoms with Crippen LogP contribution in [0.3, 0.4) is 0 Å². The number of hydrogen-bond acceptors (Lipinski definition) is 2. The molecule has 0 aliphatic carbocycles. The van der Waals surface area contributed by atoms with Gasteiger partial charge in [-0.3, -0.25) is 4.79 Å². The van der Waals surface area contributed by atoms with E-state index in [1.165, 1.54) is 12.1 Å². The van der Waals surface area contributed by atoms with E-state index in [0.29, 0.717) is 23.9 Å². The van der Waals surface area contributed by atoms with Crippen molar-refractivity contribution in [1.29, 1.82) is 0 Å². The van der Waals surface area contributed by atoms with Crippen LogP contribution in [0.15, 0.2) is 24.3 Å². The van der Waals surface area contributed by atoms with Gasteiger partial charge in [0.1, 0.15) is 5.75 Å². The summed E-state index contributed by atoms with van der Waals surface area (Å²) >= 11 is 5.60. The van der Waals surface area contributed by atoms with Crippen LogP contribution < -0.4 is 5.32 Å². The summed E-state index contributed by atoms with van der Waals surface area (Å²) in [6.45, 7) is 2.63. The first-order chi connectivity index (χ1) is 7.63. The number of phenolic OH excluding ortho intramolecular Hbond substituents is 1. The quantitative estimate of drug-likeness (QED) is 0.778. The number of rotatable bonds is 5. The molecule has 0 saturated heterocycles. The van der Waals surface area contributed by atoms with Crippen molar-refractivity contribution in [2.75, 3.05) is 12.4 Å². The van der Waals surface area contributed by atoms with Crippen molar-refractivity contribution in [2.45, 2.75) is 13.3 Å². The minimum absolute atomic E-state index is 0.0986. The molecule has 0 aliphatic heterocycles. The second kappa shape index (κ2) is 6.38. The fraction of sp³-hybridized carbons (Fsp3) is 0.417. The minimum atomic E-state index is -0.169. The van der Waals surface area contributed by atoms with Crippen LogP contribution >= 0.6 is 11.6 Å². The average molecular weight is 242 g/mol. The molecule has 0 aliphatic rings. The largest absolute Gasteiger partial charge is 0.508 e. The molecular weight excluding hydrogens is 226 g/mol. The molecule has 0 radical (unpaired) electrons. The molecule has 0 bridgehead atoms. The molecule has 0 spiro atoms. The first-order valence-electron chi connectivity index (χ1n) is 5.26. The highest BCUT2D eigenvalue weighted by molar-refractivity contribution is 6.17. The molecule has 3 nitrogen and oxygen atoms in total. The molecule has 0 aromatic heterocycles. The molecule has 1 unspecified atom stereocenters. The fourth-order valence-corrected chi connectivity index (χ4v) is 1.68. The van der Waals surface area contributed by atoms with Crippen LogP contribution in [-0.2, 0) is 0 Å². The predicted octanol–water partition coefficient (Wildman–Crippen LogP) is 2.39. The second-order valence-corrected chi connectivity index (χ2v) is 4.22. The summed E-state index contributed by atoms with van der Waals surface area (Å²) in [7, 11) is 0. The Balaban J connectivity index is 2.47. The lowest BCUT2D eigenvalue weighted by Gasteiger charge is -2.11. The van der Waals surface area contributed by atoms with Crippen molar-refractivity contribution < 1.29 is 9.90 Å². The van der Waals surface area contributed by atoms with E-state index >= 15 is 0 Å². The van der Waals surface area contributed by atoms with E-state index in [4.69, 9.17) is 11.6 Å². The Morgan fingerprint density at radius 1 is 1.56 bits per heavy atom. The van der Waals surface area contributed by atoms with Gasteiger partial charge in [0.2, 0.25) is 0 Å². The Kier molecular flexibility index (Phi) is 5.12. The molecule has 1 amide bonds. The molecule has 1 rings (SSSR count). The Morgan fingerprint density at radius 3 is 2.94 bits per heavy atom. The van der Waals surface area contributed by atoms with Crippen LogP contribution in [0.2, 0.25) is 0 Å². The standard InChI is InChI=1S/C12H16ClNO2/c1-9(5-6-13)8-14-12(16)10-3-2-4-11(15)7-10/h2-4,7,9,15H,5-6,8H2,1H3,(H,14,16). The number of hydrogen-bond donors (Lipinski definition) is 2. The van der Waals surface area contributed by atoms with Crippen LogP contribution in [0, 0.1) is 5.92 Å². The first-order valence-corrected chi connectivity index (χ1v) is 5.80. The van der Waals surface area contributed by atoms with Crippen molar-refractivity contribution in [3.8, 4) is 5.75 Å². The molecule has 2 N–H and O–H groups in total. The zero-order chi connectivity index (χ0) is 12.0. The third-order valence-electron chi connectivity index (χ3n) is 2.32. The summed E-state index contributed by atoms with van der Waals surface area (Å²) in [6, 6.07) is 6.29. The summed E-state index contributed by atoms with van der Waals surface area (Å²) < 4.78 is 0. The number of benzene rings is 1. The van der Waals surface area contributed by atoms with E-state index in [-0.39, 0.29) is 11.7 Å². The van der Waals surface area contributed by atoms with Gasteiger partial charge in [-0.15, -0.1) is 11.6 Å². The Labute approximate surface area is 100 Å². The van der Waals surface area contributed by atoms with Crippen molar-refractivity contribution in [3.63, 3.8) is 0 Å². The number of alkyl halides is 1. The third-order valence-corrected chi connectivity index (χ3v) is 2.54. The number of carbonyl (C=O) groups excluding carboxylic acids is 1. The van der Waals surface area contributed by atoms with Crippen molar-refractivity contribution in [2.24, 2.45) is 5.92 Å². The number of phenols is 1. The number of amides is 1. The summed E-state index contributed by atoms with van der Waals surface area (Å²) in [5.41, 5.74) is 0.470. The van der Waals surface area contributed by atoms with Crippen molar-refractivity contribution >= 4 is 17.5 Å². The third kappa shape index (κ3) is 4.11. The maximum absolute atomic E-state index is 11.7. The molecule has 0 fully saturated rings. The van der Waals surface area contributed by atoms with Crippen LogP contribution in [0.1, 0.15) is 23.7 Å². The zero-order valence-corrected chi connectivity index (χ0v) is 10.00. The topological polar surface area (TPSA) is 49.3 Å². The van der Waals surface area contributed by atoms with Crippen molar-refractivity contribution in [3.05, 3.63) is 29.8 Å². The second-order valence-electron chi connectivity index (χ2n) is 3.84. The summed E-state index contributed by atoms with van der Waals surface area (Å²) in [4.78, 5) is 11.7. The van der Waals surface area contributed by atoms with Gasteiger partial charge in [-0.05, 0) is 30.5 Å². The van der Waals surface area contributed by atoms with E-state index in [1.807, 2.05) is 6.92 Å². The Hall–Kier alpha value is -1.22. The number of halogens is 1. The lowest BCUT2D eigenvalue weighted by Crippen LogP contribution is -2.28. The fourth-order valence-electron chi connectivity index (χ4n) is 1.30. The van der Waals surface area contributed by atoms with Gasteiger partial charge in [0.15, 0.2) is 0 Å². The van der Waals surface area contributed by atoms with Gasteiger partial charge in [0.25, 0.3) is 5.91 Å². The lowest BCUT2D eigenvalue weighted by molar-refractivity contribution is 0.0947. The average Bonchev–Trinajstić information content (AvgIpc) is 2.26. The maximum Gasteiger partial charge on any atom is 0.251 e. The van der Waals surface area contributed by atoms with Gasteiger partial charge in [0, 0.05) is 18.0 Å². The van der Waals surface area contributed by atoms with Crippen LogP contribution in [0.4, 0.5) is 0 Å². The lowest BCUT2D eigenvalue weighted by atomic mass is 10.1. The molecule has 16 heavy (non-hydrogen) atoms. The Bertz CT molecular complexity index is 355. The minimum Gasteiger partial charge on any atom is -0.508 e. The highest BCUT2D eigenvalue weighted by Gasteiger charge is 2.07. The smallest absolute Gasteiger partial charge is 0.251 e. The Morgan fingerprint density at radius 2 is 2.31 bits per heavy atom. The zero-order valence-electron chi connectivity index (χ0n) is 9.24. The summed E-state index contributed by atoms with van der Waals surface area (Å²) in [5, 5.41) is 12.0. The van der Waals surface area contributed by atoms with E-state index in [2.05, 4.69) is 5.32 Å². The van der Waals surface area contributed by atoms with Gasteiger partial charge in [-0.25, -0.2) is 0 Å². The van der Waals surface area contributed by atoms with Gasteiger partial charge in [-0.2, -0.15) is 0 Å². The number of nitrogens with one attached hydrogen (secondary N) is 1. The van der Waals surface area contributed by atoms with Gasteiger partial charge in [0.05, 0.1) is 0 Å². The molecule has 1 aromatic rings. The highest BCUT2D eigenvalue weighted by atomic mass is 35.5. The summed E-state index contributed by atoms with van der Waals surface area (Å²) in [6.07, 6.45) is 0.877. The molecule has 88 valence electrons. The SMILES string of the molecule is CC(CCCl)CNC(=O)c1cccc(O)c1. The molecule has 0 heterocycles. The van der Waals surface area contributed by atoms with Gasteiger partial charge >= 0.3 is 0 Å². The number of aromatic hydroxyl groups is 1. The van der Waals surface area contributed by atoms with E-state index < -0.39 is 0 Å². The molecule has 1 aromatic carbocycles. The monoisotopic (exact) mass is 241 g/mol. The van der Waals surface area contributed by atoms with E-state index in [0.717, 1.165) is 6.42 Å². The molecule has 4 heteroatoms. The van der Waals surface area contributed by atoms with Crippen LogP contribution in [-0.4, -0.2) is 23.4 Å². The molecule has 1 atom stereocenters. The normalized spacial score (nSPS) is 12.1. The van der Waals surface area contributed by atoms with Crippen LogP contribution in [0.5, 0.6) is 5.75 Å². The molecular formula is C12H16ClNO2. The van der Waals surface area contributed by atoms with E-state index in [1.54, 1.807) is 12.1 Å². The first kappa shape index (κ1) is 12.8. The van der Waals surface area contributed by atoms with Crippen molar-refractivity contribution in [1.82, 2.24) is 5.32 Å². The highest BCUT2D eigenvalue weighted by Crippen LogP contribution is 2.10. The van der Waals surface area contributed by atoms with Crippen LogP contribution in [0.25, 0.3) is 0 Å². The van der Waals surface area contributed by atoms with E-state index in [9.17, 15) is 9.90 Å². The summed E-state index contributed by atoms with van der Waals surface area (Å²) in [5.74, 6) is 0.890. The number of carbonyl (C=O) groups is 1.